The lowest BCUT2D eigenvalue weighted by atomic mass is 10.3. The molecule has 1 aliphatic rings. The molecule has 0 spiro atoms. The van der Waals surface area contributed by atoms with Crippen LogP contribution in [0.3, 0.4) is 0 Å². The maximum absolute atomic E-state index is 12.7. The minimum Gasteiger partial charge on any atom is -0.449 e. The summed E-state index contributed by atoms with van der Waals surface area (Å²) < 4.78 is 6.59. The molecule has 3 aromatic rings. The third kappa shape index (κ3) is 4.59. The third-order valence-electron chi connectivity index (χ3n) is 3.83. The van der Waals surface area contributed by atoms with Crippen LogP contribution in [0.25, 0.3) is 6.08 Å². The number of benzene rings is 2. The zero-order valence-electron chi connectivity index (χ0n) is 14.4. The average molecular weight is 527 g/mol. The molecule has 1 saturated heterocycles. The minimum absolute atomic E-state index is 0.277. The highest BCUT2D eigenvalue weighted by Crippen LogP contribution is 2.40. The maximum Gasteiger partial charge on any atom is 0.298 e. The Balaban J connectivity index is 1.57. The predicted molar refractivity (Wildman–Crippen MR) is 122 cm³/mol. The Morgan fingerprint density at radius 2 is 1.79 bits per heavy atom. The van der Waals surface area contributed by atoms with Crippen LogP contribution in [0.15, 0.2) is 78.4 Å². The van der Waals surface area contributed by atoms with Gasteiger partial charge in [0.1, 0.15) is 5.76 Å². The molecule has 0 N–H and O–H groups in total. The molecule has 4 nitrogen and oxygen atoms in total. The monoisotopic (exact) mass is 525 g/mol. The number of carbonyl (C=O) groups is 2. The minimum atomic E-state index is -0.415. The van der Waals surface area contributed by atoms with Gasteiger partial charge in [-0.3, -0.25) is 9.59 Å². The summed E-state index contributed by atoms with van der Waals surface area (Å²) >= 11 is 17.6. The number of carbonyl (C=O) groups excluding carboxylic acids is 2. The van der Waals surface area contributed by atoms with Gasteiger partial charge >= 0.3 is 0 Å². The van der Waals surface area contributed by atoms with Gasteiger partial charge in [0.05, 0.1) is 15.1 Å². The van der Waals surface area contributed by atoms with Crippen molar-refractivity contribution in [2.24, 2.45) is 0 Å². The molecule has 2 amide bonds. The average Bonchev–Trinajstić information content (AvgIpc) is 3.15. The molecule has 4 rings (SSSR count). The number of halogens is 3. The van der Waals surface area contributed by atoms with Crippen LogP contribution in [0.4, 0.5) is 10.5 Å². The van der Waals surface area contributed by atoms with Crippen molar-refractivity contribution in [3.05, 3.63) is 79.8 Å². The van der Waals surface area contributed by atoms with Crippen molar-refractivity contribution < 1.29 is 14.0 Å². The van der Waals surface area contributed by atoms with Crippen molar-refractivity contribution in [3.63, 3.8) is 0 Å². The molecule has 0 atom stereocenters. The number of nitrogens with zero attached hydrogens (tertiary/aromatic N) is 1. The number of furan rings is 1. The van der Waals surface area contributed by atoms with E-state index in [4.69, 9.17) is 27.6 Å². The van der Waals surface area contributed by atoms with Crippen LogP contribution in [0.2, 0.25) is 10.0 Å². The Labute approximate surface area is 193 Å². The van der Waals surface area contributed by atoms with Crippen LogP contribution in [0.5, 0.6) is 0 Å². The highest BCUT2D eigenvalue weighted by atomic mass is 79.9. The first-order valence-electron chi connectivity index (χ1n) is 8.17. The highest BCUT2D eigenvalue weighted by Gasteiger charge is 2.36. The van der Waals surface area contributed by atoms with E-state index in [0.717, 1.165) is 26.0 Å². The van der Waals surface area contributed by atoms with Gasteiger partial charge in [0.25, 0.3) is 11.1 Å². The van der Waals surface area contributed by atoms with E-state index in [1.807, 2.05) is 12.1 Å². The fourth-order valence-corrected chi connectivity index (χ4v) is 5.02. The number of amides is 2. The van der Waals surface area contributed by atoms with E-state index >= 15 is 0 Å². The maximum atomic E-state index is 12.7. The first-order chi connectivity index (χ1) is 13.9. The van der Waals surface area contributed by atoms with E-state index < -0.39 is 5.91 Å². The summed E-state index contributed by atoms with van der Waals surface area (Å²) in [6.07, 6.45) is 1.56. The molecule has 0 unspecified atom stereocenters. The summed E-state index contributed by atoms with van der Waals surface area (Å²) in [7, 11) is 0. The Morgan fingerprint density at radius 3 is 2.52 bits per heavy atom. The number of hydrogen-bond donors (Lipinski definition) is 0. The molecule has 1 aromatic heterocycles. The fourth-order valence-electron chi connectivity index (χ4n) is 2.55. The Bertz CT molecular complexity index is 1140. The Kier molecular flexibility index (Phi) is 6.13. The van der Waals surface area contributed by atoms with Crippen molar-refractivity contribution in [2.45, 2.75) is 9.99 Å². The number of anilines is 1. The molecule has 0 radical (unpaired) electrons. The van der Waals surface area contributed by atoms with Gasteiger partial charge in [-0.2, -0.15) is 0 Å². The first kappa shape index (κ1) is 20.6. The Hall–Kier alpha value is -1.64. The lowest BCUT2D eigenvalue weighted by Crippen LogP contribution is -2.27. The van der Waals surface area contributed by atoms with Crippen LogP contribution >= 0.6 is 62.7 Å². The summed E-state index contributed by atoms with van der Waals surface area (Å²) in [5, 5.41) is 1.35. The van der Waals surface area contributed by atoms with E-state index in [1.165, 1.54) is 11.8 Å². The molecular weight excluding hydrogens is 517 g/mol. The summed E-state index contributed by atoms with van der Waals surface area (Å²) in [5.41, 5.74) is 0.433. The standard InChI is InChI=1S/C20H10BrCl2NO3S2/c21-16-9-14(27-19(16)28-15-6-4-11(22)5-7-15)10-17-18(25)24(20(26)29-17)13-3-1-2-12(23)8-13/h1-10H/b17-10+. The molecule has 9 heteroatoms. The van der Waals surface area contributed by atoms with Crippen LogP contribution in [0, 0.1) is 0 Å². The predicted octanol–water partition coefficient (Wildman–Crippen LogP) is 7.74. The van der Waals surface area contributed by atoms with Gasteiger partial charge in [0, 0.05) is 21.0 Å². The second kappa shape index (κ2) is 8.62. The summed E-state index contributed by atoms with van der Waals surface area (Å²) in [5.74, 6) is 0.0478. The molecule has 0 aliphatic carbocycles. The van der Waals surface area contributed by atoms with E-state index in [0.29, 0.717) is 26.6 Å². The second-order valence-electron chi connectivity index (χ2n) is 5.84. The van der Waals surface area contributed by atoms with Crippen molar-refractivity contribution >= 4 is 85.6 Å². The molecule has 146 valence electrons. The molecule has 0 bridgehead atoms. The fraction of sp³-hybridized carbons (Fsp3) is 0. The van der Waals surface area contributed by atoms with Gasteiger partial charge < -0.3 is 4.42 Å². The molecule has 2 aromatic carbocycles. The number of imide groups is 1. The summed E-state index contributed by atoms with van der Waals surface area (Å²) in [4.78, 5) is 27.4. The molecule has 2 heterocycles. The second-order valence-corrected chi connectivity index (χ2v) is 9.60. The van der Waals surface area contributed by atoms with Gasteiger partial charge in [-0.05, 0) is 76.2 Å². The van der Waals surface area contributed by atoms with Crippen LogP contribution in [-0.4, -0.2) is 11.1 Å². The first-order valence-corrected chi connectivity index (χ1v) is 11.4. The van der Waals surface area contributed by atoms with E-state index in [9.17, 15) is 9.59 Å². The third-order valence-corrected chi connectivity index (χ3v) is 7.04. The van der Waals surface area contributed by atoms with Crippen molar-refractivity contribution in [2.75, 3.05) is 4.90 Å². The lowest BCUT2D eigenvalue weighted by molar-refractivity contribution is -0.113. The van der Waals surface area contributed by atoms with Crippen LogP contribution in [-0.2, 0) is 4.79 Å². The number of thioether (sulfide) groups is 1. The van der Waals surface area contributed by atoms with E-state index in [2.05, 4.69) is 15.9 Å². The number of hydrogen-bond acceptors (Lipinski definition) is 5. The lowest BCUT2D eigenvalue weighted by Gasteiger charge is -2.12. The van der Waals surface area contributed by atoms with Gasteiger partial charge in [-0.1, -0.05) is 41.0 Å². The van der Waals surface area contributed by atoms with Gasteiger partial charge in [0.15, 0.2) is 5.09 Å². The largest absolute Gasteiger partial charge is 0.449 e. The van der Waals surface area contributed by atoms with E-state index in [-0.39, 0.29) is 10.1 Å². The highest BCUT2D eigenvalue weighted by molar-refractivity contribution is 9.10. The molecular formula is C20H10BrCl2NO3S2. The molecule has 1 aliphatic heterocycles. The van der Waals surface area contributed by atoms with Crippen LogP contribution in [0.1, 0.15) is 5.76 Å². The van der Waals surface area contributed by atoms with Crippen molar-refractivity contribution in [3.8, 4) is 0 Å². The van der Waals surface area contributed by atoms with E-state index in [1.54, 1.807) is 48.5 Å². The summed E-state index contributed by atoms with van der Waals surface area (Å²) in [6.45, 7) is 0. The number of rotatable bonds is 4. The zero-order chi connectivity index (χ0) is 20.5. The topological polar surface area (TPSA) is 50.5 Å². The summed E-state index contributed by atoms with van der Waals surface area (Å²) in [6, 6.07) is 15.7. The SMILES string of the molecule is O=C1S/C(=C/c2cc(Br)c(Sc3ccc(Cl)cc3)o2)C(=O)N1c1cccc(Cl)c1. The smallest absolute Gasteiger partial charge is 0.298 e. The molecule has 0 saturated carbocycles. The quantitative estimate of drug-likeness (QED) is 0.325. The van der Waals surface area contributed by atoms with Crippen molar-refractivity contribution in [1.29, 1.82) is 0 Å². The molecule has 29 heavy (non-hydrogen) atoms. The van der Waals surface area contributed by atoms with Gasteiger partial charge in [-0.15, -0.1) is 0 Å². The van der Waals surface area contributed by atoms with Gasteiger partial charge in [0.2, 0.25) is 0 Å². The van der Waals surface area contributed by atoms with Crippen LogP contribution < -0.4 is 4.90 Å². The normalized spacial score (nSPS) is 15.6. The van der Waals surface area contributed by atoms with Crippen molar-refractivity contribution in [1.82, 2.24) is 0 Å². The van der Waals surface area contributed by atoms with Gasteiger partial charge in [-0.25, -0.2) is 4.90 Å². The zero-order valence-corrected chi connectivity index (χ0v) is 19.1. The molecule has 1 fully saturated rings. The Morgan fingerprint density at radius 1 is 1.03 bits per heavy atom.